The first-order chi connectivity index (χ1) is 8.55. The van der Waals surface area contributed by atoms with E-state index < -0.39 is 5.54 Å². The Balaban J connectivity index is 2.31. The second-order valence-corrected chi connectivity index (χ2v) is 4.98. The van der Waals surface area contributed by atoms with E-state index >= 15 is 0 Å². The first-order valence-corrected chi connectivity index (χ1v) is 6.24. The molecule has 0 radical (unpaired) electrons. The van der Waals surface area contributed by atoms with Gasteiger partial charge in [-0.25, -0.2) is 4.39 Å². The van der Waals surface area contributed by atoms with Gasteiger partial charge in [0.1, 0.15) is 17.1 Å². The molecule has 0 saturated heterocycles. The van der Waals surface area contributed by atoms with E-state index in [1.54, 1.807) is 37.3 Å². The van der Waals surface area contributed by atoms with Crippen molar-refractivity contribution in [1.82, 2.24) is 0 Å². The van der Waals surface area contributed by atoms with Crippen molar-refractivity contribution in [2.24, 2.45) is 0 Å². The van der Waals surface area contributed by atoms with Crippen molar-refractivity contribution in [3.8, 4) is 0 Å². The van der Waals surface area contributed by atoms with Gasteiger partial charge in [-0.1, -0.05) is 12.1 Å². The number of rotatable bonds is 4. The number of halogens is 2. The molecule has 1 aromatic carbocycles. The van der Waals surface area contributed by atoms with Crippen LogP contribution in [-0.2, 0) is 5.54 Å². The fourth-order valence-corrected chi connectivity index (χ4v) is 1.96. The molecule has 2 aromatic rings. The Labute approximate surface area is 113 Å². The summed E-state index contributed by atoms with van der Waals surface area (Å²) in [6.45, 7) is 1.52. The van der Waals surface area contributed by atoms with Crippen LogP contribution in [0.3, 0.4) is 0 Å². The highest BCUT2D eigenvalue weighted by Gasteiger charge is 2.30. The van der Waals surface area contributed by atoms with Gasteiger partial charge in [0, 0.05) is 0 Å². The number of para-hydroxylation sites is 1. The van der Waals surface area contributed by atoms with E-state index in [9.17, 15) is 9.50 Å². The summed E-state index contributed by atoms with van der Waals surface area (Å²) in [5.74, 6) is 0.155. The molecule has 2 rings (SSSR count). The molecule has 0 aliphatic rings. The normalized spacial score (nSPS) is 14.2. The minimum atomic E-state index is -0.881. The molecule has 0 saturated carbocycles. The van der Waals surface area contributed by atoms with Gasteiger partial charge in [-0.2, -0.15) is 0 Å². The van der Waals surface area contributed by atoms with Gasteiger partial charge in [-0.15, -0.1) is 0 Å². The molecule has 3 nitrogen and oxygen atoms in total. The highest BCUT2D eigenvalue weighted by molar-refractivity contribution is 9.10. The topological polar surface area (TPSA) is 45.4 Å². The highest BCUT2D eigenvalue weighted by atomic mass is 79.9. The number of aliphatic hydroxyl groups excluding tert-OH is 1. The fraction of sp³-hybridized carbons (Fsp3) is 0.231. The maximum atomic E-state index is 13.6. The highest BCUT2D eigenvalue weighted by Crippen LogP contribution is 2.29. The molecule has 0 bridgehead atoms. The third-order valence-electron chi connectivity index (χ3n) is 2.72. The van der Waals surface area contributed by atoms with Crippen molar-refractivity contribution in [3.05, 3.63) is 52.6 Å². The minimum Gasteiger partial charge on any atom is -0.452 e. The van der Waals surface area contributed by atoms with Gasteiger partial charge in [0.15, 0.2) is 4.67 Å². The number of hydrogen-bond donors (Lipinski definition) is 2. The van der Waals surface area contributed by atoms with E-state index in [0.29, 0.717) is 16.1 Å². The molecule has 1 atom stereocenters. The summed E-state index contributed by atoms with van der Waals surface area (Å²) >= 11 is 3.20. The van der Waals surface area contributed by atoms with Crippen LogP contribution in [0.4, 0.5) is 10.1 Å². The molecule has 5 heteroatoms. The number of hydrogen-bond acceptors (Lipinski definition) is 3. The number of benzene rings is 1. The van der Waals surface area contributed by atoms with E-state index in [1.807, 2.05) is 0 Å². The third kappa shape index (κ3) is 2.57. The van der Waals surface area contributed by atoms with Crippen LogP contribution in [0.15, 0.2) is 45.5 Å². The average molecular weight is 314 g/mol. The molecule has 2 N–H and O–H groups in total. The second-order valence-electron chi connectivity index (χ2n) is 4.20. The molecule has 18 heavy (non-hydrogen) atoms. The van der Waals surface area contributed by atoms with Crippen LogP contribution in [0.1, 0.15) is 12.7 Å². The quantitative estimate of drug-likeness (QED) is 0.908. The molecule has 1 aromatic heterocycles. The van der Waals surface area contributed by atoms with E-state index in [1.165, 1.54) is 6.07 Å². The molecule has 0 aliphatic heterocycles. The Kier molecular flexibility index (Phi) is 3.73. The maximum absolute atomic E-state index is 13.6. The zero-order valence-corrected chi connectivity index (χ0v) is 11.4. The number of nitrogens with one attached hydrogen (secondary N) is 1. The van der Waals surface area contributed by atoms with Crippen LogP contribution in [0.25, 0.3) is 0 Å². The molecule has 1 unspecified atom stereocenters. The van der Waals surface area contributed by atoms with Crippen LogP contribution in [0, 0.1) is 5.82 Å². The van der Waals surface area contributed by atoms with Gasteiger partial charge in [-0.05, 0) is 47.1 Å². The van der Waals surface area contributed by atoms with Crippen molar-refractivity contribution in [1.29, 1.82) is 0 Å². The number of aliphatic hydroxyl groups is 1. The van der Waals surface area contributed by atoms with Gasteiger partial charge < -0.3 is 14.8 Å². The number of furan rings is 1. The SMILES string of the molecule is CC(CO)(Nc1ccccc1F)c1ccc(Br)o1. The Morgan fingerprint density at radius 3 is 2.61 bits per heavy atom. The Morgan fingerprint density at radius 2 is 2.06 bits per heavy atom. The zero-order chi connectivity index (χ0) is 13.2. The third-order valence-corrected chi connectivity index (χ3v) is 3.14. The summed E-state index contributed by atoms with van der Waals surface area (Å²) in [4.78, 5) is 0. The molecule has 96 valence electrons. The molecule has 1 heterocycles. The van der Waals surface area contributed by atoms with Crippen molar-refractivity contribution in [2.45, 2.75) is 12.5 Å². The van der Waals surface area contributed by atoms with Gasteiger partial charge in [0.25, 0.3) is 0 Å². The van der Waals surface area contributed by atoms with E-state index in [4.69, 9.17) is 4.42 Å². The average Bonchev–Trinajstić information content (AvgIpc) is 2.79. The van der Waals surface area contributed by atoms with Gasteiger partial charge in [-0.3, -0.25) is 0 Å². The first-order valence-electron chi connectivity index (χ1n) is 5.44. The second kappa shape index (κ2) is 5.12. The van der Waals surface area contributed by atoms with Crippen LogP contribution in [0.2, 0.25) is 0 Å². The lowest BCUT2D eigenvalue weighted by atomic mass is 9.99. The van der Waals surface area contributed by atoms with Gasteiger partial charge in [0.05, 0.1) is 12.3 Å². The Bertz CT molecular complexity index is 543. The van der Waals surface area contributed by atoms with E-state index in [-0.39, 0.29) is 12.4 Å². The summed E-state index contributed by atoms with van der Waals surface area (Å²) in [5.41, 5.74) is -0.560. The predicted octanol–water partition coefficient (Wildman–Crippen LogP) is 3.50. The lowest BCUT2D eigenvalue weighted by Crippen LogP contribution is -2.35. The predicted molar refractivity (Wildman–Crippen MR) is 70.9 cm³/mol. The summed E-state index contributed by atoms with van der Waals surface area (Å²) in [5, 5.41) is 12.5. The Morgan fingerprint density at radius 1 is 1.33 bits per heavy atom. The Hall–Kier alpha value is -1.33. The summed E-state index contributed by atoms with van der Waals surface area (Å²) in [7, 11) is 0. The van der Waals surface area contributed by atoms with Gasteiger partial charge in [0.2, 0.25) is 0 Å². The molecule has 0 spiro atoms. The van der Waals surface area contributed by atoms with E-state index in [2.05, 4.69) is 21.2 Å². The largest absolute Gasteiger partial charge is 0.452 e. The monoisotopic (exact) mass is 313 g/mol. The van der Waals surface area contributed by atoms with Crippen LogP contribution < -0.4 is 5.32 Å². The van der Waals surface area contributed by atoms with Crippen LogP contribution >= 0.6 is 15.9 Å². The minimum absolute atomic E-state index is 0.221. The van der Waals surface area contributed by atoms with Crippen LogP contribution in [0.5, 0.6) is 0 Å². The van der Waals surface area contributed by atoms with Crippen molar-refractivity contribution in [2.75, 3.05) is 11.9 Å². The fourth-order valence-electron chi connectivity index (χ4n) is 1.65. The number of anilines is 1. The molecular formula is C13H13BrFNO2. The van der Waals surface area contributed by atoms with Crippen molar-refractivity contribution < 1.29 is 13.9 Å². The molecule has 0 amide bonds. The van der Waals surface area contributed by atoms with Crippen molar-refractivity contribution >= 4 is 21.6 Å². The first kappa shape index (κ1) is 13.1. The summed E-state index contributed by atoms with van der Waals surface area (Å²) in [6.07, 6.45) is 0. The smallest absolute Gasteiger partial charge is 0.169 e. The standard InChI is InChI=1S/C13H13BrFNO2/c1-13(8-17,11-6-7-12(14)18-11)16-10-5-3-2-4-9(10)15/h2-7,16-17H,8H2,1H3. The molecule has 0 fully saturated rings. The van der Waals surface area contributed by atoms with E-state index in [0.717, 1.165) is 0 Å². The lowest BCUT2D eigenvalue weighted by molar-refractivity contribution is 0.201. The lowest BCUT2D eigenvalue weighted by Gasteiger charge is -2.27. The van der Waals surface area contributed by atoms with Crippen molar-refractivity contribution in [3.63, 3.8) is 0 Å². The zero-order valence-electron chi connectivity index (χ0n) is 9.78. The summed E-state index contributed by atoms with van der Waals surface area (Å²) in [6, 6.07) is 9.77. The maximum Gasteiger partial charge on any atom is 0.169 e. The molecule has 0 aliphatic carbocycles. The van der Waals surface area contributed by atoms with Gasteiger partial charge >= 0.3 is 0 Å². The van der Waals surface area contributed by atoms with Crippen LogP contribution in [-0.4, -0.2) is 11.7 Å². The molecular weight excluding hydrogens is 301 g/mol. The summed E-state index contributed by atoms with van der Waals surface area (Å²) < 4.78 is 19.6.